The number of hydrogen-bond acceptors (Lipinski definition) is 4. The van der Waals surface area contributed by atoms with Crippen molar-refractivity contribution in [2.45, 2.75) is 19.4 Å². The second kappa shape index (κ2) is 7.37. The van der Waals surface area contributed by atoms with Gasteiger partial charge in [-0.25, -0.2) is 0 Å². The number of benzene rings is 1. The molecule has 0 heterocycles. The minimum atomic E-state index is -0.718. The maximum Gasteiger partial charge on any atom is 0.263 e. The van der Waals surface area contributed by atoms with Crippen molar-refractivity contribution in [3.05, 3.63) is 28.8 Å². The zero-order valence-corrected chi connectivity index (χ0v) is 12.0. The number of nitrogens with zero attached hydrogens (tertiary/aromatic N) is 3. The van der Waals surface area contributed by atoms with Gasteiger partial charge in [0.15, 0.2) is 6.10 Å². The summed E-state index contributed by atoms with van der Waals surface area (Å²) in [5, 5.41) is 17.5. The SMILES string of the molecule is C[C@H](Oc1ccc(C#N)cc1Cl)C(=O)N(C)CCC#N. The van der Waals surface area contributed by atoms with Gasteiger partial charge in [-0.1, -0.05) is 11.6 Å². The van der Waals surface area contributed by atoms with Gasteiger partial charge in [-0.15, -0.1) is 0 Å². The number of halogens is 1. The Labute approximate surface area is 122 Å². The molecular weight excluding hydrogens is 278 g/mol. The van der Waals surface area contributed by atoms with Gasteiger partial charge in [0.25, 0.3) is 5.91 Å². The average molecular weight is 292 g/mol. The van der Waals surface area contributed by atoms with E-state index >= 15 is 0 Å². The van der Waals surface area contributed by atoms with E-state index < -0.39 is 6.10 Å². The highest BCUT2D eigenvalue weighted by molar-refractivity contribution is 6.32. The van der Waals surface area contributed by atoms with Crippen LogP contribution in [0.1, 0.15) is 18.9 Å². The third kappa shape index (κ3) is 4.15. The summed E-state index contributed by atoms with van der Waals surface area (Å²) in [5.74, 6) is 0.112. The smallest absolute Gasteiger partial charge is 0.263 e. The number of carbonyl (C=O) groups is 1. The minimum absolute atomic E-state index is 0.235. The van der Waals surface area contributed by atoms with Crippen LogP contribution in [0.25, 0.3) is 0 Å². The molecule has 6 heteroatoms. The van der Waals surface area contributed by atoms with Crippen molar-refractivity contribution in [2.24, 2.45) is 0 Å². The monoisotopic (exact) mass is 291 g/mol. The lowest BCUT2D eigenvalue weighted by Crippen LogP contribution is -2.38. The lowest BCUT2D eigenvalue weighted by atomic mass is 10.2. The van der Waals surface area contributed by atoms with Crippen LogP contribution in [0, 0.1) is 22.7 Å². The maximum atomic E-state index is 12.0. The molecule has 104 valence electrons. The van der Waals surface area contributed by atoms with Gasteiger partial charge in [0.05, 0.1) is 29.1 Å². The van der Waals surface area contributed by atoms with E-state index in [-0.39, 0.29) is 17.4 Å². The number of hydrogen-bond donors (Lipinski definition) is 0. The molecule has 0 aromatic heterocycles. The molecule has 0 aliphatic carbocycles. The Kier molecular flexibility index (Phi) is 5.83. The highest BCUT2D eigenvalue weighted by Crippen LogP contribution is 2.26. The van der Waals surface area contributed by atoms with Crippen LogP contribution in [0.2, 0.25) is 5.02 Å². The molecule has 0 saturated heterocycles. The molecule has 0 N–H and O–H groups in total. The number of likely N-dealkylation sites (N-methyl/N-ethyl adjacent to an activating group) is 1. The number of amides is 1. The molecule has 0 aliphatic heterocycles. The van der Waals surface area contributed by atoms with Crippen LogP contribution in [0.3, 0.4) is 0 Å². The Hall–Kier alpha value is -2.24. The number of carbonyl (C=O) groups excluding carboxylic acids is 1. The topological polar surface area (TPSA) is 77.1 Å². The first-order valence-corrected chi connectivity index (χ1v) is 6.35. The lowest BCUT2D eigenvalue weighted by molar-refractivity contribution is -0.136. The normalized spacial score (nSPS) is 11.1. The van der Waals surface area contributed by atoms with E-state index in [0.29, 0.717) is 17.9 Å². The number of nitriles is 2. The number of rotatable bonds is 5. The van der Waals surface area contributed by atoms with Crippen LogP contribution < -0.4 is 4.74 Å². The van der Waals surface area contributed by atoms with Gasteiger partial charge < -0.3 is 9.64 Å². The molecular formula is C14H14ClN3O2. The summed E-state index contributed by atoms with van der Waals surface area (Å²) in [6, 6.07) is 8.55. The van der Waals surface area contributed by atoms with Crippen LogP contribution in [-0.4, -0.2) is 30.5 Å². The zero-order chi connectivity index (χ0) is 15.1. The van der Waals surface area contributed by atoms with Gasteiger partial charge in [-0.05, 0) is 25.1 Å². The summed E-state index contributed by atoms with van der Waals surface area (Å²) in [4.78, 5) is 13.4. The average Bonchev–Trinajstić information content (AvgIpc) is 2.45. The van der Waals surface area contributed by atoms with Gasteiger partial charge in [-0.3, -0.25) is 4.79 Å². The molecule has 1 atom stereocenters. The first kappa shape index (κ1) is 15.8. The summed E-state index contributed by atoms with van der Waals surface area (Å²) in [5.41, 5.74) is 0.424. The summed E-state index contributed by atoms with van der Waals surface area (Å²) in [7, 11) is 1.61. The van der Waals surface area contributed by atoms with E-state index in [1.807, 2.05) is 12.1 Å². The van der Waals surface area contributed by atoms with Crippen molar-refractivity contribution in [1.82, 2.24) is 4.90 Å². The van der Waals surface area contributed by atoms with Crippen molar-refractivity contribution in [1.29, 1.82) is 10.5 Å². The standard InChI is InChI=1S/C14H14ClN3O2/c1-10(14(19)18(2)7-3-6-16)20-13-5-4-11(9-17)8-12(13)15/h4-5,8,10H,3,7H2,1-2H3/t10-/m0/s1. The molecule has 5 nitrogen and oxygen atoms in total. The summed E-state index contributed by atoms with van der Waals surface area (Å²) in [6.45, 7) is 1.96. The van der Waals surface area contributed by atoms with Crippen LogP contribution in [-0.2, 0) is 4.79 Å². The van der Waals surface area contributed by atoms with E-state index in [2.05, 4.69) is 0 Å². The van der Waals surface area contributed by atoms with Crippen molar-refractivity contribution in [3.63, 3.8) is 0 Å². The Bertz CT molecular complexity index is 575. The summed E-state index contributed by atoms with van der Waals surface area (Å²) < 4.78 is 5.49. The third-order valence-corrected chi connectivity index (χ3v) is 2.94. The van der Waals surface area contributed by atoms with Gasteiger partial charge in [-0.2, -0.15) is 10.5 Å². The lowest BCUT2D eigenvalue weighted by Gasteiger charge is -2.21. The molecule has 1 aromatic carbocycles. The van der Waals surface area contributed by atoms with Crippen LogP contribution in [0.15, 0.2) is 18.2 Å². The fourth-order valence-electron chi connectivity index (χ4n) is 1.55. The first-order chi connectivity index (χ1) is 9.49. The van der Waals surface area contributed by atoms with E-state index in [1.54, 1.807) is 26.1 Å². The molecule has 1 aromatic rings. The van der Waals surface area contributed by atoms with Crippen molar-refractivity contribution in [2.75, 3.05) is 13.6 Å². The van der Waals surface area contributed by atoms with Crippen molar-refractivity contribution >= 4 is 17.5 Å². The quantitative estimate of drug-likeness (QED) is 0.834. The Morgan fingerprint density at radius 3 is 2.75 bits per heavy atom. The molecule has 0 fully saturated rings. The predicted molar refractivity (Wildman–Crippen MR) is 74.1 cm³/mol. The Balaban J connectivity index is 2.71. The Morgan fingerprint density at radius 2 is 2.20 bits per heavy atom. The molecule has 1 amide bonds. The molecule has 20 heavy (non-hydrogen) atoms. The minimum Gasteiger partial charge on any atom is -0.479 e. The molecule has 0 spiro atoms. The van der Waals surface area contributed by atoms with Crippen molar-refractivity contribution in [3.8, 4) is 17.9 Å². The second-order valence-corrected chi connectivity index (χ2v) is 4.59. The Morgan fingerprint density at radius 1 is 1.50 bits per heavy atom. The largest absolute Gasteiger partial charge is 0.479 e. The fraction of sp³-hybridized carbons (Fsp3) is 0.357. The predicted octanol–water partition coefficient (Wildman–Crippen LogP) is 2.35. The third-order valence-electron chi connectivity index (χ3n) is 2.65. The molecule has 0 bridgehead atoms. The fourth-order valence-corrected chi connectivity index (χ4v) is 1.77. The van der Waals surface area contributed by atoms with Gasteiger partial charge in [0.1, 0.15) is 5.75 Å². The van der Waals surface area contributed by atoms with E-state index in [4.69, 9.17) is 26.9 Å². The second-order valence-electron chi connectivity index (χ2n) is 4.18. The summed E-state index contributed by atoms with van der Waals surface area (Å²) >= 11 is 5.98. The molecule has 1 rings (SSSR count). The van der Waals surface area contributed by atoms with E-state index in [1.165, 1.54) is 11.0 Å². The number of ether oxygens (including phenoxy) is 1. The first-order valence-electron chi connectivity index (χ1n) is 5.97. The highest BCUT2D eigenvalue weighted by Gasteiger charge is 2.19. The molecule has 0 radical (unpaired) electrons. The van der Waals surface area contributed by atoms with Crippen LogP contribution >= 0.6 is 11.6 Å². The van der Waals surface area contributed by atoms with E-state index in [9.17, 15) is 4.79 Å². The van der Waals surface area contributed by atoms with Crippen LogP contribution in [0.4, 0.5) is 0 Å². The van der Waals surface area contributed by atoms with E-state index in [0.717, 1.165) is 0 Å². The molecule has 0 aliphatic rings. The van der Waals surface area contributed by atoms with Crippen LogP contribution in [0.5, 0.6) is 5.75 Å². The molecule has 0 saturated carbocycles. The highest BCUT2D eigenvalue weighted by atomic mass is 35.5. The van der Waals surface area contributed by atoms with Crippen molar-refractivity contribution < 1.29 is 9.53 Å². The molecule has 0 unspecified atom stereocenters. The van der Waals surface area contributed by atoms with Gasteiger partial charge in [0, 0.05) is 13.6 Å². The maximum absolute atomic E-state index is 12.0. The zero-order valence-electron chi connectivity index (χ0n) is 11.3. The van der Waals surface area contributed by atoms with Gasteiger partial charge in [0.2, 0.25) is 0 Å². The summed E-state index contributed by atoms with van der Waals surface area (Å²) in [6.07, 6.45) is -0.448. The van der Waals surface area contributed by atoms with Gasteiger partial charge >= 0.3 is 0 Å².